The van der Waals surface area contributed by atoms with Gasteiger partial charge in [0.05, 0.1) is 24.5 Å². The van der Waals surface area contributed by atoms with E-state index in [0.717, 1.165) is 40.9 Å². The summed E-state index contributed by atoms with van der Waals surface area (Å²) in [4.78, 5) is 37.7. The molecule has 0 bridgehead atoms. The van der Waals surface area contributed by atoms with Crippen molar-refractivity contribution >= 4 is 66.3 Å². The molecule has 1 aromatic heterocycles. The van der Waals surface area contributed by atoms with Crippen LogP contribution in [-0.4, -0.2) is 68.2 Å². The summed E-state index contributed by atoms with van der Waals surface area (Å²) in [6.45, 7) is 8.03. The molecular weight excluding hydrogens is 645 g/mol. The summed E-state index contributed by atoms with van der Waals surface area (Å²) in [5.74, 6) is 0.337. The molecular formula is C32H44N6O5S3. The summed E-state index contributed by atoms with van der Waals surface area (Å²) in [6.07, 6.45) is 4.60. The molecule has 46 heavy (non-hydrogen) atoms. The lowest BCUT2D eigenvalue weighted by Crippen LogP contribution is -2.27. The lowest BCUT2D eigenvalue weighted by molar-refractivity contribution is -0.143. The third-order valence-corrected chi connectivity index (χ3v) is 12.3. The van der Waals surface area contributed by atoms with Crippen LogP contribution in [0.4, 0.5) is 11.5 Å². The fraction of sp³-hybridized carbons (Fsp3) is 0.438. The summed E-state index contributed by atoms with van der Waals surface area (Å²) < 4.78 is 34.4. The Balaban J connectivity index is 1.64. The molecule has 3 N–H and O–H groups in total. The highest BCUT2D eigenvalue weighted by Gasteiger charge is 2.20. The van der Waals surface area contributed by atoms with Crippen LogP contribution in [0.2, 0.25) is 0 Å². The molecule has 0 saturated heterocycles. The number of nitrogen functional groups attached to an aromatic ring is 1. The maximum Gasteiger partial charge on any atom is 0.307 e. The number of benzene rings is 2. The Morgan fingerprint density at radius 3 is 2.46 bits per heavy atom. The largest absolute Gasteiger partial charge is 0.465 e. The van der Waals surface area contributed by atoms with E-state index in [1.54, 1.807) is 57.8 Å². The van der Waals surface area contributed by atoms with Crippen molar-refractivity contribution in [3.8, 4) is 0 Å². The predicted octanol–water partition coefficient (Wildman–Crippen LogP) is 5.65. The number of fused-ring (bicyclic) bond motifs is 1. The number of nitrogens with one attached hydrogen (secondary N) is 1. The second kappa shape index (κ2) is 17.5. The van der Waals surface area contributed by atoms with Crippen LogP contribution in [0.25, 0.3) is 10.8 Å². The van der Waals surface area contributed by atoms with E-state index in [9.17, 15) is 18.0 Å². The first-order chi connectivity index (χ1) is 21.9. The van der Waals surface area contributed by atoms with E-state index in [-0.39, 0.29) is 31.0 Å². The van der Waals surface area contributed by atoms with Gasteiger partial charge in [-0.3, -0.25) is 9.59 Å². The number of carbonyl (C=O) groups is 2. The highest BCUT2D eigenvalue weighted by molar-refractivity contribution is 8.78. The number of hydrogen-bond acceptors (Lipinski definition) is 11. The first kappa shape index (κ1) is 37.1. The number of allylic oxidation sites excluding steroid dienone is 1. The Morgan fingerprint density at radius 1 is 1.11 bits per heavy atom. The van der Waals surface area contributed by atoms with Gasteiger partial charge in [-0.15, -0.1) is 0 Å². The zero-order valence-electron chi connectivity index (χ0n) is 27.3. The maximum absolute atomic E-state index is 13.2. The second-order valence-electron chi connectivity index (χ2n) is 10.8. The summed E-state index contributed by atoms with van der Waals surface area (Å²) in [5, 5.41) is 1.84. The van der Waals surface area contributed by atoms with Crippen molar-refractivity contribution in [1.29, 1.82) is 0 Å². The van der Waals surface area contributed by atoms with E-state index in [4.69, 9.17) is 10.5 Å². The van der Waals surface area contributed by atoms with E-state index >= 15 is 0 Å². The maximum atomic E-state index is 13.2. The predicted molar refractivity (Wildman–Crippen MR) is 189 cm³/mol. The number of anilines is 2. The number of aromatic nitrogens is 2. The normalized spacial score (nSPS) is 12.2. The fourth-order valence-electron chi connectivity index (χ4n) is 4.63. The van der Waals surface area contributed by atoms with Crippen molar-refractivity contribution in [2.75, 3.05) is 37.9 Å². The molecule has 1 heterocycles. The van der Waals surface area contributed by atoms with Gasteiger partial charge in [-0.2, -0.15) is 0 Å². The van der Waals surface area contributed by atoms with Crippen molar-refractivity contribution in [3.05, 3.63) is 64.6 Å². The minimum atomic E-state index is -3.88. The van der Waals surface area contributed by atoms with E-state index in [1.807, 2.05) is 44.1 Å². The quantitative estimate of drug-likeness (QED) is 0.0971. The van der Waals surface area contributed by atoms with Crippen molar-refractivity contribution in [1.82, 2.24) is 19.6 Å². The minimum absolute atomic E-state index is 0.0772. The number of amides is 1. The zero-order chi connectivity index (χ0) is 33.9. The number of esters is 1. The first-order valence-electron chi connectivity index (χ1n) is 15.1. The van der Waals surface area contributed by atoms with Gasteiger partial charge in [0, 0.05) is 71.1 Å². The van der Waals surface area contributed by atoms with Gasteiger partial charge >= 0.3 is 5.97 Å². The van der Waals surface area contributed by atoms with Gasteiger partial charge in [-0.1, -0.05) is 59.7 Å². The molecule has 1 amide bonds. The van der Waals surface area contributed by atoms with Crippen LogP contribution < -0.4 is 15.4 Å². The SMILES string of the molecule is CCC(CC)SSC(CCOC(=O)CCNS(=O)(=O)c1cccc2c(N(C)C)cccc12)=C(C)N(C=O)Cc1cnc(C)nc1N. The van der Waals surface area contributed by atoms with Gasteiger partial charge in [0.2, 0.25) is 16.4 Å². The van der Waals surface area contributed by atoms with Crippen LogP contribution in [-0.2, 0) is 30.9 Å². The number of carbonyl (C=O) groups excluding carboxylic acids is 2. The molecule has 2 aromatic carbocycles. The van der Waals surface area contributed by atoms with Crippen LogP contribution in [0.1, 0.15) is 57.8 Å². The molecule has 14 heteroatoms. The molecule has 0 aliphatic rings. The van der Waals surface area contributed by atoms with E-state index in [2.05, 4.69) is 28.5 Å². The van der Waals surface area contributed by atoms with Crippen LogP contribution in [0, 0.1) is 6.92 Å². The summed E-state index contributed by atoms with van der Waals surface area (Å²) in [5.41, 5.74) is 8.32. The Labute approximate surface area is 280 Å². The third-order valence-electron chi connectivity index (χ3n) is 7.36. The standard InChI is InChI=1S/C32H44N6O5S3/c1-7-25(8-2)44-45-29(22(3)38(21-39)20-24-19-34-23(4)36-32(24)33)16-18-43-31(40)15-17-35-46(41,42)30-14-10-11-26-27(30)12-9-13-28(26)37(5)6/h9-14,19,21,25,35H,7-8,15-18,20H2,1-6H3,(H2,33,34,36). The molecule has 0 aliphatic carbocycles. The van der Waals surface area contributed by atoms with Gasteiger partial charge < -0.3 is 20.3 Å². The van der Waals surface area contributed by atoms with Crippen molar-refractivity contribution in [2.45, 2.75) is 70.1 Å². The van der Waals surface area contributed by atoms with Crippen molar-refractivity contribution < 1.29 is 22.7 Å². The molecule has 0 atom stereocenters. The number of aryl methyl sites for hydroxylation is 1. The smallest absolute Gasteiger partial charge is 0.307 e. The number of rotatable bonds is 18. The van der Waals surface area contributed by atoms with Gasteiger partial charge in [0.1, 0.15) is 11.6 Å². The van der Waals surface area contributed by atoms with Crippen LogP contribution in [0.3, 0.4) is 0 Å². The van der Waals surface area contributed by atoms with Gasteiger partial charge in [0.15, 0.2) is 0 Å². The monoisotopic (exact) mass is 688 g/mol. The molecule has 0 saturated carbocycles. The summed E-state index contributed by atoms with van der Waals surface area (Å²) in [6, 6.07) is 10.7. The van der Waals surface area contributed by atoms with Crippen molar-refractivity contribution in [3.63, 3.8) is 0 Å². The zero-order valence-corrected chi connectivity index (χ0v) is 29.7. The van der Waals surface area contributed by atoms with E-state index in [1.165, 1.54) is 0 Å². The number of nitrogens with two attached hydrogens (primary N) is 1. The molecule has 0 aliphatic heterocycles. The van der Waals surface area contributed by atoms with E-state index < -0.39 is 16.0 Å². The fourth-order valence-corrected chi connectivity index (χ4v) is 9.00. The third kappa shape index (κ3) is 10.1. The minimum Gasteiger partial charge on any atom is -0.465 e. The van der Waals surface area contributed by atoms with Crippen LogP contribution >= 0.6 is 21.6 Å². The van der Waals surface area contributed by atoms with Crippen LogP contribution in [0.15, 0.2) is 58.1 Å². The van der Waals surface area contributed by atoms with Gasteiger partial charge in [-0.25, -0.2) is 23.1 Å². The molecule has 0 radical (unpaired) electrons. The molecule has 11 nitrogen and oxygen atoms in total. The number of hydrogen-bond donors (Lipinski definition) is 2. The number of nitrogens with zero attached hydrogens (tertiary/aromatic N) is 4. The van der Waals surface area contributed by atoms with Crippen LogP contribution in [0.5, 0.6) is 0 Å². The van der Waals surface area contributed by atoms with Crippen molar-refractivity contribution in [2.24, 2.45) is 0 Å². The average Bonchev–Trinajstić information content (AvgIpc) is 3.02. The Hall–Kier alpha value is -3.33. The Kier molecular flexibility index (Phi) is 14.2. The summed E-state index contributed by atoms with van der Waals surface area (Å²) in [7, 11) is 3.21. The highest BCUT2D eigenvalue weighted by atomic mass is 33.1. The Bertz CT molecular complexity index is 1640. The molecule has 3 aromatic rings. The molecule has 0 spiro atoms. The Morgan fingerprint density at radius 2 is 1.80 bits per heavy atom. The molecule has 250 valence electrons. The average molecular weight is 689 g/mol. The lowest BCUT2D eigenvalue weighted by atomic mass is 10.1. The summed E-state index contributed by atoms with van der Waals surface area (Å²) >= 11 is 0. The number of ether oxygens (including phenoxy) is 1. The number of sulfonamides is 1. The van der Waals surface area contributed by atoms with Gasteiger partial charge in [0.25, 0.3) is 0 Å². The topological polar surface area (TPSA) is 148 Å². The lowest BCUT2D eigenvalue weighted by Gasteiger charge is -2.23. The molecule has 0 fully saturated rings. The highest BCUT2D eigenvalue weighted by Crippen LogP contribution is 2.40. The second-order valence-corrected chi connectivity index (χ2v) is 15.2. The van der Waals surface area contributed by atoms with E-state index in [0.29, 0.717) is 34.3 Å². The molecule has 0 unspecified atom stereocenters. The first-order valence-corrected chi connectivity index (χ1v) is 18.8. The van der Waals surface area contributed by atoms with Gasteiger partial charge in [-0.05, 0) is 38.8 Å². The molecule has 3 rings (SSSR count).